The maximum Gasteiger partial charge on any atom is 0.0652 e. The predicted molar refractivity (Wildman–Crippen MR) is 81.1 cm³/mol. The van der Waals surface area contributed by atoms with Gasteiger partial charge in [-0.05, 0) is 62.7 Å². The zero-order chi connectivity index (χ0) is 13.3. The fourth-order valence-corrected chi connectivity index (χ4v) is 4.84. The van der Waals surface area contributed by atoms with Crippen LogP contribution in [0.4, 0.5) is 0 Å². The van der Waals surface area contributed by atoms with Crippen LogP contribution in [-0.2, 0) is 0 Å². The van der Waals surface area contributed by atoms with Crippen molar-refractivity contribution >= 4 is 11.3 Å². The van der Waals surface area contributed by atoms with Crippen molar-refractivity contribution in [3.8, 4) is 0 Å². The predicted octanol–water partition coefficient (Wildman–Crippen LogP) is 2.97. The molecule has 1 aromatic heterocycles. The zero-order valence-electron chi connectivity index (χ0n) is 11.8. The van der Waals surface area contributed by atoms with Gasteiger partial charge in [0, 0.05) is 10.4 Å². The minimum atomic E-state index is 0.263. The van der Waals surface area contributed by atoms with Crippen LogP contribution in [0.1, 0.15) is 55.0 Å². The second-order valence-corrected chi connectivity index (χ2v) is 7.21. The molecule has 2 fully saturated rings. The fourth-order valence-electron chi connectivity index (χ4n) is 4.11. The van der Waals surface area contributed by atoms with E-state index >= 15 is 0 Å². The topological polar surface area (TPSA) is 41.3 Å². The van der Waals surface area contributed by atoms with Crippen LogP contribution in [0.25, 0.3) is 0 Å². The molecule has 19 heavy (non-hydrogen) atoms. The summed E-state index contributed by atoms with van der Waals surface area (Å²) in [7, 11) is 0. The monoisotopic (exact) mass is 279 g/mol. The Kier molecular flexibility index (Phi) is 3.94. The van der Waals surface area contributed by atoms with E-state index in [9.17, 15) is 0 Å². The standard InChI is InChI=1S/C15H25N3S/c1-12-10-13(11-19-12)14(17-16)15(6-2-3-7-15)18-8-4-5-9-18/h10-11,14,17H,2-9,16H2,1H3. The van der Waals surface area contributed by atoms with E-state index in [1.54, 1.807) is 0 Å². The number of thiophene rings is 1. The molecule has 3 nitrogen and oxygen atoms in total. The van der Waals surface area contributed by atoms with Crippen LogP contribution in [0.15, 0.2) is 11.4 Å². The smallest absolute Gasteiger partial charge is 0.0652 e. The van der Waals surface area contributed by atoms with E-state index in [4.69, 9.17) is 5.84 Å². The minimum absolute atomic E-state index is 0.263. The summed E-state index contributed by atoms with van der Waals surface area (Å²) in [6.45, 7) is 4.68. The van der Waals surface area contributed by atoms with E-state index in [0.29, 0.717) is 0 Å². The van der Waals surface area contributed by atoms with Crippen molar-refractivity contribution in [2.75, 3.05) is 13.1 Å². The molecule has 0 amide bonds. The lowest BCUT2D eigenvalue weighted by atomic mass is 9.83. The van der Waals surface area contributed by atoms with Crippen molar-refractivity contribution < 1.29 is 0 Å². The van der Waals surface area contributed by atoms with Crippen LogP contribution in [0.3, 0.4) is 0 Å². The minimum Gasteiger partial charge on any atom is -0.296 e. The number of nitrogens with zero attached hydrogens (tertiary/aromatic N) is 1. The van der Waals surface area contributed by atoms with Gasteiger partial charge >= 0.3 is 0 Å². The molecule has 1 aromatic rings. The SMILES string of the molecule is Cc1cc(C(NN)C2(N3CCCC3)CCCC2)cs1. The summed E-state index contributed by atoms with van der Waals surface area (Å²) in [5.74, 6) is 5.97. The second-order valence-electron chi connectivity index (χ2n) is 6.10. The van der Waals surface area contributed by atoms with Gasteiger partial charge < -0.3 is 0 Å². The maximum absolute atomic E-state index is 5.97. The maximum atomic E-state index is 5.97. The van der Waals surface area contributed by atoms with Crippen molar-refractivity contribution in [1.29, 1.82) is 0 Å². The highest BCUT2D eigenvalue weighted by molar-refractivity contribution is 7.10. The largest absolute Gasteiger partial charge is 0.296 e. The first-order valence-corrected chi connectivity index (χ1v) is 8.40. The van der Waals surface area contributed by atoms with E-state index in [1.165, 1.54) is 62.1 Å². The number of likely N-dealkylation sites (tertiary alicyclic amines) is 1. The summed E-state index contributed by atoms with van der Waals surface area (Å²) in [5, 5.41) is 2.29. The molecular weight excluding hydrogens is 254 g/mol. The van der Waals surface area contributed by atoms with Crippen molar-refractivity contribution in [3.63, 3.8) is 0 Å². The van der Waals surface area contributed by atoms with Crippen molar-refractivity contribution in [2.45, 2.75) is 57.0 Å². The molecule has 0 spiro atoms. The molecule has 0 aromatic carbocycles. The molecule has 1 aliphatic heterocycles. The summed E-state index contributed by atoms with van der Waals surface area (Å²) in [6, 6.07) is 2.60. The molecular formula is C15H25N3S. The van der Waals surface area contributed by atoms with Gasteiger partial charge in [-0.1, -0.05) is 12.8 Å². The van der Waals surface area contributed by atoms with E-state index in [0.717, 1.165) is 0 Å². The molecule has 2 aliphatic rings. The van der Waals surface area contributed by atoms with Gasteiger partial charge in [0.1, 0.15) is 0 Å². The van der Waals surface area contributed by atoms with Crippen molar-refractivity contribution in [2.24, 2.45) is 5.84 Å². The average Bonchev–Trinajstić information content (AvgIpc) is 3.10. The van der Waals surface area contributed by atoms with Gasteiger partial charge in [0.2, 0.25) is 0 Å². The zero-order valence-corrected chi connectivity index (χ0v) is 12.6. The Morgan fingerprint density at radius 1 is 1.26 bits per heavy atom. The van der Waals surface area contributed by atoms with Crippen LogP contribution in [0.5, 0.6) is 0 Å². The van der Waals surface area contributed by atoms with Crippen LogP contribution < -0.4 is 11.3 Å². The first-order chi connectivity index (χ1) is 9.26. The van der Waals surface area contributed by atoms with Gasteiger partial charge in [-0.15, -0.1) is 11.3 Å². The Morgan fingerprint density at radius 2 is 1.95 bits per heavy atom. The Hall–Kier alpha value is -0.420. The van der Waals surface area contributed by atoms with Gasteiger partial charge in [-0.3, -0.25) is 16.2 Å². The molecule has 106 valence electrons. The molecule has 4 heteroatoms. The quantitative estimate of drug-likeness (QED) is 0.657. The number of nitrogens with one attached hydrogen (secondary N) is 1. The highest BCUT2D eigenvalue weighted by Crippen LogP contribution is 2.46. The molecule has 2 heterocycles. The Balaban J connectivity index is 1.93. The normalized spacial score (nSPS) is 24.9. The van der Waals surface area contributed by atoms with Crippen LogP contribution in [0.2, 0.25) is 0 Å². The Labute approximate surface area is 120 Å². The molecule has 3 N–H and O–H groups in total. The molecule has 1 aliphatic carbocycles. The first kappa shape index (κ1) is 13.6. The van der Waals surface area contributed by atoms with E-state index in [-0.39, 0.29) is 11.6 Å². The molecule has 0 bridgehead atoms. The van der Waals surface area contributed by atoms with Crippen LogP contribution >= 0.6 is 11.3 Å². The average molecular weight is 279 g/mol. The van der Waals surface area contributed by atoms with Gasteiger partial charge in [0.25, 0.3) is 0 Å². The summed E-state index contributed by atoms with van der Waals surface area (Å²) >= 11 is 1.83. The number of hydrogen-bond donors (Lipinski definition) is 2. The lowest BCUT2D eigenvalue weighted by molar-refractivity contribution is 0.0766. The first-order valence-electron chi connectivity index (χ1n) is 7.52. The van der Waals surface area contributed by atoms with Crippen LogP contribution in [0, 0.1) is 6.92 Å². The summed E-state index contributed by atoms with van der Waals surface area (Å²) in [4.78, 5) is 4.10. The lowest BCUT2D eigenvalue weighted by Crippen LogP contribution is -2.55. The summed E-state index contributed by atoms with van der Waals surface area (Å²) in [5.41, 5.74) is 4.81. The third kappa shape index (κ3) is 2.35. The Morgan fingerprint density at radius 3 is 2.47 bits per heavy atom. The van der Waals surface area contributed by atoms with Crippen molar-refractivity contribution in [1.82, 2.24) is 10.3 Å². The highest BCUT2D eigenvalue weighted by atomic mass is 32.1. The number of hydrazine groups is 1. The van der Waals surface area contributed by atoms with E-state index < -0.39 is 0 Å². The van der Waals surface area contributed by atoms with Gasteiger partial charge in [-0.25, -0.2) is 0 Å². The summed E-state index contributed by atoms with van der Waals surface area (Å²) in [6.07, 6.45) is 7.96. The Bertz CT molecular complexity index is 417. The van der Waals surface area contributed by atoms with Gasteiger partial charge in [-0.2, -0.15) is 0 Å². The van der Waals surface area contributed by atoms with Crippen molar-refractivity contribution in [3.05, 3.63) is 21.9 Å². The number of nitrogens with two attached hydrogens (primary N) is 1. The third-order valence-corrected chi connectivity index (χ3v) is 5.87. The highest BCUT2D eigenvalue weighted by Gasteiger charge is 2.47. The van der Waals surface area contributed by atoms with Gasteiger partial charge in [0.15, 0.2) is 0 Å². The van der Waals surface area contributed by atoms with E-state index in [1.807, 2.05) is 11.3 Å². The number of aryl methyl sites for hydroxylation is 1. The third-order valence-electron chi connectivity index (χ3n) is 4.99. The fraction of sp³-hybridized carbons (Fsp3) is 0.733. The number of rotatable bonds is 4. The molecule has 3 rings (SSSR count). The van der Waals surface area contributed by atoms with Crippen LogP contribution in [-0.4, -0.2) is 23.5 Å². The molecule has 1 saturated heterocycles. The number of hydrogen-bond acceptors (Lipinski definition) is 4. The molecule has 0 radical (unpaired) electrons. The van der Waals surface area contributed by atoms with Gasteiger partial charge in [0.05, 0.1) is 6.04 Å². The molecule has 1 atom stereocenters. The summed E-state index contributed by atoms with van der Waals surface area (Å²) < 4.78 is 0. The second kappa shape index (κ2) is 5.52. The molecule has 1 unspecified atom stereocenters. The molecule has 1 saturated carbocycles. The van der Waals surface area contributed by atoms with E-state index in [2.05, 4.69) is 28.7 Å². The lowest BCUT2D eigenvalue weighted by Gasteiger charge is -2.44.